The van der Waals surface area contributed by atoms with Gasteiger partial charge in [-0.15, -0.1) is 0 Å². The van der Waals surface area contributed by atoms with Crippen LogP contribution < -0.4 is 15.6 Å². The predicted molar refractivity (Wildman–Crippen MR) is 122 cm³/mol. The van der Waals surface area contributed by atoms with E-state index in [1.807, 2.05) is 54.6 Å². The van der Waals surface area contributed by atoms with E-state index in [2.05, 4.69) is 49.4 Å². The minimum Gasteiger partial charge on any atom is -0.427 e. The van der Waals surface area contributed by atoms with Gasteiger partial charge in [-0.25, -0.2) is 0 Å². The van der Waals surface area contributed by atoms with Crippen molar-refractivity contribution in [3.05, 3.63) is 91.0 Å². The highest BCUT2D eigenvalue weighted by molar-refractivity contribution is 7.13. The average molecular weight is 399 g/mol. The first kappa shape index (κ1) is 21.1. The summed E-state index contributed by atoms with van der Waals surface area (Å²) in [6, 6.07) is 33.8. The van der Waals surface area contributed by atoms with Gasteiger partial charge in [0.2, 0.25) is 0 Å². The van der Waals surface area contributed by atoms with E-state index in [4.69, 9.17) is 0 Å². The highest BCUT2D eigenvalue weighted by Gasteiger charge is 2.54. The zero-order valence-electron chi connectivity index (χ0n) is 16.7. The molecular weight excluding hydrogens is 373 g/mol. The second kappa shape index (κ2) is 9.23. The Balaban J connectivity index is 2.32. The molecule has 3 nitrogen and oxygen atoms in total. The molecule has 2 N–H and O–H groups in total. The van der Waals surface area contributed by atoms with E-state index in [0.29, 0.717) is 12.8 Å². The highest BCUT2D eigenvalue weighted by Crippen LogP contribution is 2.41. The molecule has 0 aliphatic rings. The molecule has 0 radical (unpaired) electrons. The topological polar surface area (TPSA) is 64.2 Å². The first-order chi connectivity index (χ1) is 14.0. The van der Waals surface area contributed by atoms with Gasteiger partial charge < -0.3 is 10.0 Å². The van der Waals surface area contributed by atoms with Gasteiger partial charge in [0, 0.05) is 0 Å². The van der Waals surface area contributed by atoms with Crippen molar-refractivity contribution in [3.63, 3.8) is 0 Å². The Morgan fingerprint density at radius 2 is 1.17 bits per heavy atom. The number of benzene rings is 3. The van der Waals surface area contributed by atoms with E-state index >= 15 is 0 Å². The Hall–Kier alpha value is -2.65. The van der Waals surface area contributed by atoms with E-state index < -0.39 is 20.2 Å². The molecule has 3 aromatic carbocycles. The first-order valence-electron chi connectivity index (χ1n) is 9.98. The zero-order valence-corrected chi connectivity index (χ0v) is 17.7. The summed E-state index contributed by atoms with van der Waals surface area (Å²) in [5, 5.41) is 32.1. The van der Waals surface area contributed by atoms with Crippen LogP contribution in [0.1, 0.15) is 19.8 Å². The fourth-order valence-electron chi connectivity index (χ4n) is 4.49. The van der Waals surface area contributed by atoms with E-state index in [0.717, 1.165) is 0 Å². The van der Waals surface area contributed by atoms with Gasteiger partial charge in [0.15, 0.2) is 8.07 Å². The third-order valence-corrected chi connectivity index (χ3v) is 11.4. The molecule has 0 bridgehead atoms. The van der Waals surface area contributed by atoms with Crippen LogP contribution in [0.25, 0.3) is 0 Å². The van der Waals surface area contributed by atoms with Crippen LogP contribution in [0.15, 0.2) is 91.0 Å². The monoisotopic (exact) mass is 399 g/mol. The van der Waals surface area contributed by atoms with Crippen LogP contribution in [-0.4, -0.2) is 25.2 Å². The molecule has 3 rings (SSSR count). The van der Waals surface area contributed by atoms with Crippen molar-refractivity contribution in [2.75, 3.05) is 0 Å². The van der Waals surface area contributed by atoms with Crippen molar-refractivity contribution < 1.29 is 10.0 Å². The average Bonchev–Trinajstić information content (AvgIpc) is 2.76. The van der Waals surface area contributed by atoms with Crippen LogP contribution in [0, 0.1) is 11.3 Å². The van der Waals surface area contributed by atoms with E-state index in [1.54, 1.807) is 0 Å². The molecule has 146 valence electrons. The molecule has 0 aliphatic heterocycles. The van der Waals surface area contributed by atoms with Crippen molar-refractivity contribution in [3.8, 4) is 6.07 Å². The summed E-state index contributed by atoms with van der Waals surface area (Å²) in [6.45, 7) is 2.05. The normalized spacial score (nSPS) is 13.3. The smallest absolute Gasteiger partial charge is 0.427 e. The quantitative estimate of drug-likeness (QED) is 0.452. The van der Waals surface area contributed by atoms with Gasteiger partial charge >= 0.3 is 7.12 Å². The third kappa shape index (κ3) is 4.06. The van der Waals surface area contributed by atoms with Gasteiger partial charge in [0.05, 0.1) is 11.1 Å². The summed E-state index contributed by atoms with van der Waals surface area (Å²) in [4.78, 5) is 0. The van der Waals surface area contributed by atoms with Crippen LogP contribution in [0.5, 0.6) is 0 Å². The summed E-state index contributed by atoms with van der Waals surface area (Å²) in [5.74, 6) is 0. The summed E-state index contributed by atoms with van der Waals surface area (Å²) < 4.78 is 0. The Kier molecular flexibility index (Phi) is 6.71. The van der Waals surface area contributed by atoms with Gasteiger partial charge in [-0.2, -0.15) is 5.26 Å². The minimum absolute atomic E-state index is 0.264. The van der Waals surface area contributed by atoms with Crippen molar-refractivity contribution in [1.82, 2.24) is 0 Å². The van der Waals surface area contributed by atoms with E-state index in [9.17, 15) is 15.3 Å². The largest absolute Gasteiger partial charge is 0.451 e. The number of hydrogen-bond donors (Lipinski definition) is 2. The lowest BCUT2D eigenvalue weighted by molar-refractivity contribution is 0.400. The summed E-state index contributed by atoms with van der Waals surface area (Å²) in [7, 11) is -4.12. The molecule has 0 saturated heterocycles. The minimum atomic E-state index is -2.77. The predicted octanol–water partition coefficient (Wildman–Crippen LogP) is 2.69. The highest BCUT2D eigenvalue weighted by atomic mass is 28.3. The van der Waals surface area contributed by atoms with Crippen LogP contribution in [0.3, 0.4) is 0 Å². The lowest BCUT2D eigenvalue weighted by atomic mass is 9.82. The Labute approximate surface area is 174 Å². The molecule has 0 saturated carbocycles. The molecule has 1 atom stereocenters. The maximum atomic E-state index is 10.5. The molecule has 1 unspecified atom stereocenters. The third-order valence-electron chi connectivity index (χ3n) is 5.83. The zero-order chi connectivity index (χ0) is 20.7. The molecule has 3 aromatic rings. The van der Waals surface area contributed by atoms with Gasteiger partial charge in [0.1, 0.15) is 0 Å². The number of nitriles is 1. The van der Waals surface area contributed by atoms with E-state index in [1.165, 1.54) is 15.6 Å². The van der Waals surface area contributed by atoms with Gasteiger partial charge in [-0.1, -0.05) is 97.4 Å². The Bertz CT molecular complexity index is 848. The number of nitrogens with zero attached hydrogens (tertiary/aromatic N) is 1. The fourth-order valence-corrected chi connectivity index (χ4v) is 10.2. The number of hydrogen-bond acceptors (Lipinski definition) is 3. The SMILES string of the molecule is CC(C#N)(CCCB(O)O)[Si](c1ccccc1)(c1ccccc1)c1ccccc1. The van der Waals surface area contributed by atoms with Crippen LogP contribution >= 0.6 is 0 Å². The Morgan fingerprint density at radius 1 is 0.793 bits per heavy atom. The van der Waals surface area contributed by atoms with Crippen LogP contribution in [0.2, 0.25) is 11.4 Å². The summed E-state index contributed by atoms with van der Waals surface area (Å²) >= 11 is 0. The van der Waals surface area contributed by atoms with Crippen LogP contribution in [0.4, 0.5) is 0 Å². The molecule has 0 fully saturated rings. The second-order valence-corrected chi connectivity index (χ2v) is 12.0. The molecular formula is C24H26BNO2Si. The molecule has 5 heteroatoms. The summed E-state index contributed by atoms with van der Waals surface area (Å²) in [5.41, 5.74) is 0. The van der Waals surface area contributed by atoms with Gasteiger partial charge in [0.25, 0.3) is 0 Å². The van der Waals surface area contributed by atoms with Crippen molar-refractivity contribution in [2.24, 2.45) is 0 Å². The van der Waals surface area contributed by atoms with Crippen molar-refractivity contribution in [2.45, 2.75) is 31.1 Å². The summed E-state index contributed by atoms with van der Waals surface area (Å²) in [6.07, 6.45) is 1.43. The lowest BCUT2D eigenvalue weighted by Gasteiger charge is -2.44. The molecule has 0 aliphatic carbocycles. The van der Waals surface area contributed by atoms with E-state index in [-0.39, 0.29) is 6.32 Å². The maximum absolute atomic E-state index is 10.5. The van der Waals surface area contributed by atoms with Crippen molar-refractivity contribution >= 4 is 30.8 Å². The molecule has 0 spiro atoms. The Morgan fingerprint density at radius 3 is 1.48 bits per heavy atom. The maximum Gasteiger partial charge on any atom is 0.451 e. The standard InChI is InChI=1S/C24H26BNO2Si/c1-24(20-26,18-11-19-25(27)28)29(21-12-5-2-6-13-21,22-14-7-3-8-15-22)23-16-9-4-10-17-23/h2-10,12-17,27-28H,11,18-19H2,1H3. The molecule has 0 aromatic heterocycles. The molecule has 29 heavy (non-hydrogen) atoms. The lowest BCUT2D eigenvalue weighted by Crippen LogP contribution is -2.73. The molecule has 0 heterocycles. The number of rotatable bonds is 8. The van der Waals surface area contributed by atoms with Crippen molar-refractivity contribution in [1.29, 1.82) is 5.26 Å². The first-order valence-corrected chi connectivity index (χ1v) is 12.0. The van der Waals surface area contributed by atoms with Gasteiger partial charge in [-0.05, 0) is 35.2 Å². The fraction of sp³-hybridized carbons (Fsp3) is 0.208. The second-order valence-electron chi connectivity index (χ2n) is 7.66. The molecule has 0 amide bonds. The van der Waals surface area contributed by atoms with Crippen LogP contribution in [-0.2, 0) is 0 Å². The van der Waals surface area contributed by atoms with Gasteiger partial charge in [-0.3, -0.25) is 0 Å².